The van der Waals surface area contributed by atoms with E-state index < -0.39 is 0 Å². The van der Waals surface area contributed by atoms with Gasteiger partial charge in [-0.3, -0.25) is 0 Å². The lowest BCUT2D eigenvalue weighted by molar-refractivity contribution is 0.0596. The summed E-state index contributed by atoms with van der Waals surface area (Å²) in [6, 6.07) is 1.81. The summed E-state index contributed by atoms with van der Waals surface area (Å²) in [4.78, 5) is 2.51. The van der Waals surface area contributed by atoms with Crippen LogP contribution in [0.3, 0.4) is 0 Å². The van der Waals surface area contributed by atoms with Crippen molar-refractivity contribution in [2.45, 2.75) is 58.7 Å². The summed E-state index contributed by atoms with van der Waals surface area (Å²) in [5.41, 5.74) is 0. The van der Waals surface area contributed by atoms with Crippen LogP contribution < -0.4 is 5.32 Å². The van der Waals surface area contributed by atoms with Crippen LogP contribution in [-0.2, 0) is 4.74 Å². The second kappa shape index (κ2) is 7.34. The maximum absolute atomic E-state index is 5.51. The first-order valence-corrected chi connectivity index (χ1v) is 7.03. The first-order chi connectivity index (χ1) is 8.00. The highest BCUT2D eigenvalue weighted by Gasteiger charge is 2.21. The lowest BCUT2D eigenvalue weighted by atomic mass is 10.0. The van der Waals surface area contributed by atoms with Crippen LogP contribution >= 0.6 is 0 Å². The van der Waals surface area contributed by atoms with Crippen LogP contribution in [0.15, 0.2) is 0 Å². The van der Waals surface area contributed by atoms with E-state index in [2.05, 4.69) is 45.0 Å². The largest absolute Gasteiger partial charge is 0.379 e. The quantitative estimate of drug-likeness (QED) is 0.772. The van der Waals surface area contributed by atoms with Gasteiger partial charge in [0.15, 0.2) is 0 Å². The highest BCUT2D eigenvalue weighted by molar-refractivity contribution is 4.79. The molecular weight excluding hydrogens is 212 g/mol. The molecule has 3 atom stereocenters. The molecule has 0 saturated carbocycles. The van der Waals surface area contributed by atoms with Gasteiger partial charge in [-0.05, 0) is 39.7 Å². The Morgan fingerprint density at radius 3 is 2.47 bits per heavy atom. The zero-order valence-electron chi connectivity index (χ0n) is 12.2. The normalized spacial score (nSPS) is 25.2. The van der Waals surface area contributed by atoms with E-state index in [9.17, 15) is 0 Å². The lowest BCUT2D eigenvalue weighted by Crippen LogP contribution is -2.47. The number of hydrogen-bond donors (Lipinski definition) is 1. The summed E-state index contributed by atoms with van der Waals surface area (Å²) < 4.78 is 5.51. The average Bonchev–Trinajstić information content (AvgIpc) is 2.28. The molecule has 0 bridgehead atoms. The average molecular weight is 242 g/mol. The highest BCUT2D eigenvalue weighted by atomic mass is 16.5. The maximum atomic E-state index is 5.51. The van der Waals surface area contributed by atoms with Gasteiger partial charge in [-0.25, -0.2) is 0 Å². The fourth-order valence-electron chi connectivity index (χ4n) is 2.63. The smallest absolute Gasteiger partial charge is 0.0620 e. The minimum absolute atomic E-state index is 0.535. The molecule has 0 radical (unpaired) electrons. The molecule has 17 heavy (non-hydrogen) atoms. The van der Waals surface area contributed by atoms with Crippen LogP contribution in [-0.4, -0.2) is 49.8 Å². The molecule has 1 N–H and O–H groups in total. The van der Waals surface area contributed by atoms with Crippen molar-refractivity contribution in [1.82, 2.24) is 10.2 Å². The Morgan fingerprint density at radius 1 is 1.24 bits per heavy atom. The molecule has 102 valence electrons. The van der Waals surface area contributed by atoms with Crippen molar-refractivity contribution in [1.29, 1.82) is 0 Å². The Hall–Kier alpha value is -0.120. The highest BCUT2D eigenvalue weighted by Crippen LogP contribution is 2.15. The van der Waals surface area contributed by atoms with Crippen molar-refractivity contribution in [3.63, 3.8) is 0 Å². The van der Waals surface area contributed by atoms with Crippen LogP contribution in [0.5, 0.6) is 0 Å². The molecule has 0 aromatic carbocycles. The number of nitrogens with one attached hydrogen (secondary N) is 1. The Labute approximate surface area is 107 Å². The first-order valence-electron chi connectivity index (χ1n) is 7.03. The zero-order chi connectivity index (χ0) is 12.8. The van der Waals surface area contributed by atoms with Gasteiger partial charge < -0.3 is 15.0 Å². The number of nitrogens with zero attached hydrogens (tertiary/aromatic N) is 1. The zero-order valence-corrected chi connectivity index (χ0v) is 12.2. The molecule has 1 fully saturated rings. The molecule has 3 unspecified atom stereocenters. The SMILES string of the molecule is CC(C)CC(C)N(C)C(C)CC1COCCN1. The van der Waals surface area contributed by atoms with Gasteiger partial charge in [-0.15, -0.1) is 0 Å². The van der Waals surface area contributed by atoms with Crippen molar-refractivity contribution in [2.75, 3.05) is 26.8 Å². The van der Waals surface area contributed by atoms with Gasteiger partial charge in [-0.2, -0.15) is 0 Å². The van der Waals surface area contributed by atoms with Crippen molar-refractivity contribution in [2.24, 2.45) is 5.92 Å². The molecule has 0 aromatic heterocycles. The lowest BCUT2D eigenvalue weighted by Gasteiger charge is -2.35. The summed E-state index contributed by atoms with van der Waals surface area (Å²) in [6.45, 7) is 12.0. The fourth-order valence-corrected chi connectivity index (χ4v) is 2.63. The Balaban J connectivity index is 2.31. The predicted octanol–water partition coefficient (Wildman–Crippen LogP) is 2.12. The number of hydrogen-bond acceptors (Lipinski definition) is 3. The molecule has 1 aliphatic rings. The van der Waals surface area contributed by atoms with Crippen molar-refractivity contribution >= 4 is 0 Å². The van der Waals surface area contributed by atoms with Gasteiger partial charge >= 0.3 is 0 Å². The minimum atomic E-state index is 0.535. The number of morpholine rings is 1. The monoisotopic (exact) mass is 242 g/mol. The van der Waals surface area contributed by atoms with Crippen LogP contribution in [0.1, 0.15) is 40.5 Å². The third kappa shape index (κ3) is 5.36. The molecule has 0 aliphatic carbocycles. The first kappa shape index (κ1) is 14.9. The van der Waals surface area contributed by atoms with Crippen LogP contribution in [0.25, 0.3) is 0 Å². The topological polar surface area (TPSA) is 24.5 Å². The van der Waals surface area contributed by atoms with Gasteiger partial charge in [-0.1, -0.05) is 13.8 Å². The maximum Gasteiger partial charge on any atom is 0.0620 e. The van der Waals surface area contributed by atoms with E-state index in [0.29, 0.717) is 18.1 Å². The van der Waals surface area contributed by atoms with Crippen molar-refractivity contribution in [3.05, 3.63) is 0 Å². The molecule has 1 rings (SSSR count). The van der Waals surface area contributed by atoms with Gasteiger partial charge in [0.05, 0.1) is 13.2 Å². The predicted molar refractivity (Wildman–Crippen MR) is 73.4 cm³/mol. The standard InChI is InChI=1S/C14H30N2O/c1-11(2)8-12(3)16(5)13(4)9-14-10-17-7-6-15-14/h11-15H,6-10H2,1-5H3. The van der Waals surface area contributed by atoms with E-state index in [1.807, 2.05) is 0 Å². The number of ether oxygens (including phenoxy) is 1. The second-order valence-electron chi connectivity index (χ2n) is 5.95. The van der Waals surface area contributed by atoms with E-state index in [1.165, 1.54) is 12.8 Å². The Kier molecular flexibility index (Phi) is 6.45. The molecule has 3 nitrogen and oxygen atoms in total. The molecule has 0 amide bonds. The van der Waals surface area contributed by atoms with E-state index in [1.54, 1.807) is 0 Å². The molecule has 1 saturated heterocycles. The molecular formula is C14H30N2O. The third-order valence-electron chi connectivity index (χ3n) is 3.83. The van der Waals surface area contributed by atoms with Crippen LogP contribution in [0, 0.1) is 5.92 Å². The second-order valence-corrected chi connectivity index (χ2v) is 5.95. The van der Waals surface area contributed by atoms with E-state index >= 15 is 0 Å². The molecule has 3 heteroatoms. The summed E-state index contributed by atoms with van der Waals surface area (Å²) in [5.74, 6) is 0.774. The number of rotatable bonds is 6. The van der Waals surface area contributed by atoms with Gasteiger partial charge in [0.25, 0.3) is 0 Å². The third-order valence-corrected chi connectivity index (χ3v) is 3.83. The van der Waals surface area contributed by atoms with Gasteiger partial charge in [0, 0.05) is 24.7 Å². The summed E-state index contributed by atoms with van der Waals surface area (Å²) in [6.07, 6.45) is 2.45. The molecule has 1 heterocycles. The van der Waals surface area contributed by atoms with E-state index in [4.69, 9.17) is 4.74 Å². The fraction of sp³-hybridized carbons (Fsp3) is 1.00. The summed E-state index contributed by atoms with van der Waals surface area (Å²) in [7, 11) is 2.25. The van der Waals surface area contributed by atoms with Gasteiger partial charge in [0.2, 0.25) is 0 Å². The van der Waals surface area contributed by atoms with Crippen molar-refractivity contribution < 1.29 is 4.74 Å². The molecule has 0 spiro atoms. The Morgan fingerprint density at radius 2 is 1.94 bits per heavy atom. The van der Waals surface area contributed by atoms with E-state index in [-0.39, 0.29) is 0 Å². The Bertz CT molecular complexity index is 202. The summed E-state index contributed by atoms with van der Waals surface area (Å²) in [5, 5.41) is 3.53. The van der Waals surface area contributed by atoms with Gasteiger partial charge in [0.1, 0.15) is 0 Å². The molecule has 1 aliphatic heterocycles. The van der Waals surface area contributed by atoms with Crippen LogP contribution in [0.2, 0.25) is 0 Å². The molecule has 0 aromatic rings. The van der Waals surface area contributed by atoms with E-state index in [0.717, 1.165) is 25.7 Å². The van der Waals surface area contributed by atoms with Crippen LogP contribution in [0.4, 0.5) is 0 Å². The summed E-state index contributed by atoms with van der Waals surface area (Å²) >= 11 is 0. The minimum Gasteiger partial charge on any atom is -0.379 e. The van der Waals surface area contributed by atoms with Crippen molar-refractivity contribution in [3.8, 4) is 0 Å².